The average Bonchev–Trinajstić information content (AvgIpc) is 2.80. The molecule has 0 spiro atoms. The van der Waals surface area contributed by atoms with Crippen molar-refractivity contribution in [2.45, 2.75) is 13.0 Å². The first-order valence-electron chi connectivity index (χ1n) is 9.84. The van der Waals surface area contributed by atoms with Gasteiger partial charge in [0.15, 0.2) is 5.82 Å². The Balaban J connectivity index is 1.67. The summed E-state index contributed by atoms with van der Waals surface area (Å²) in [5.74, 6) is 1.07. The van der Waals surface area contributed by atoms with Gasteiger partial charge in [0.2, 0.25) is 0 Å². The van der Waals surface area contributed by atoms with Crippen molar-refractivity contribution in [3.05, 3.63) is 78.0 Å². The van der Waals surface area contributed by atoms with Crippen molar-refractivity contribution in [2.75, 3.05) is 31.6 Å². The van der Waals surface area contributed by atoms with Gasteiger partial charge in [-0.3, -0.25) is 4.79 Å². The second kappa shape index (κ2) is 8.84. The number of aromatic nitrogens is 2. The minimum atomic E-state index is -0.0942. The third kappa shape index (κ3) is 4.60. The lowest BCUT2D eigenvalue weighted by Crippen LogP contribution is -2.41. The van der Waals surface area contributed by atoms with Crippen LogP contribution in [0.25, 0.3) is 11.4 Å². The van der Waals surface area contributed by atoms with Gasteiger partial charge in [0.1, 0.15) is 11.5 Å². The van der Waals surface area contributed by atoms with Crippen molar-refractivity contribution in [1.82, 2.24) is 14.9 Å². The molecule has 1 saturated heterocycles. The smallest absolute Gasteiger partial charge is 0.272 e. The number of hydrogen-bond acceptors (Lipinski definition) is 5. The normalized spacial score (nSPS) is 15.0. The van der Waals surface area contributed by atoms with Gasteiger partial charge in [-0.15, -0.1) is 0 Å². The van der Waals surface area contributed by atoms with E-state index in [2.05, 4.69) is 34.3 Å². The molecule has 29 heavy (non-hydrogen) atoms. The van der Waals surface area contributed by atoms with Crippen LogP contribution in [0.2, 0.25) is 0 Å². The lowest BCUT2D eigenvalue weighted by molar-refractivity contribution is 0.0299. The number of benzene rings is 2. The van der Waals surface area contributed by atoms with Gasteiger partial charge in [-0.05, 0) is 12.5 Å². The number of anilines is 1. The van der Waals surface area contributed by atoms with E-state index >= 15 is 0 Å². The first-order chi connectivity index (χ1) is 14.2. The summed E-state index contributed by atoms with van der Waals surface area (Å²) in [7, 11) is 0. The minimum Gasteiger partial charge on any atom is -0.378 e. The molecule has 1 aromatic heterocycles. The first kappa shape index (κ1) is 19.1. The molecule has 4 rings (SSSR count). The predicted molar refractivity (Wildman–Crippen MR) is 113 cm³/mol. The summed E-state index contributed by atoms with van der Waals surface area (Å²) in [6.07, 6.45) is 0. The highest BCUT2D eigenvalue weighted by Gasteiger charge is 2.22. The molecule has 1 N–H and O–H groups in total. The third-order valence-electron chi connectivity index (χ3n) is 4.94. The molecule has 0 saturated carbocycles. The van der Waals surface area contributed by atoms with Crippen LogP contribution in [0.5, 0.6) is 0 Å². The molecule has 1 fully saturated rings. The standard InChI is InChI=1S/C23H24N4O2/c1-17(18-8-4-2-5-9-18)24-21-16-20(23(28)27-12-14-29-15-13-27)25-22(26-21)19-10-6-3-7-11-19/h2-11,16-17H,12-15H2,1H3,(H,24,25,26). The second-order valence-corrected chi connectivity index (χ2v) is 7.01. The zero-order chi connectivity index (χ0) is 20.1. The monoisotopic (exact) mass is 388 g/mol. The molecule has 148 valence electrons. The van der Waals surface area contributed by atoms with Crippen molar-refractivity contribution < 1.29 is 9.53 Å². The summed E-state index contributed by atoms with van der Waals surface area (Å²) in [4.78, 5) is 24.1. The van der Waals surface area contributed by atoms with Crippen LogP contribution in [-0.4, -0.2) is 47.1 Å². The zero-order valence-corrected chi connectivity index (χ0v) is 16.4. The Labute approximate surface area is 170 Å². The molecule has 1 amide bonds. The van der Waals surface area contributed by atoms with Crippen molar-refractivity contribution in [2.24, 2.45) is 0 Å². The van der Waals surface area contributed by atoms with Crippen molar-refractivity contribution >= 4 is 11.7 Å². The molecule has 2 heterocycles. The Kier molecular flexibility index (Phi) is 5.81. The maximum absolute atomic E-state index is 13.0. The fourth-order valence-corrected chi connectivity index (χ4v) is 3.32. The molecule has 2 aromatic carbocycles. The fraction of sp³-hybridized carbons (Fsp3) is 0.261. The number of hydrogen-bond donors (Lipinski definition) is 1. The molecule has 0 radical (unpaired) electrons. The van der Waals surface area contributed by atoms with Gasteiger partial charge in [0.05, 0.1) is 13.2 Å². The summed E-state index contributed by atoms with van der Waals surface area (Å²) in [6, 6.07) is 21.6. The highest BCUT2D eigenvalue weighted by atomic mass is 16.5. The van der Waals surface area contributed by atoms with E-state index in [-0.39, 0.29) is 11.9 Å². The number of nitrogens with zero attached hydrogens (tertiary/aromatic N) is 3. The lowest BCUT2D eigenvalue weighted by atomic mass is 10.1. The van der Waals surface area contributed by atoms with Crippen LogP contribution in [0.15, 0.2) is 66.7 Å². The van der Waals surface area contributed by atoms with E-state index in [0.717, 1.165) is 11.1 Å². The van der Waals surface area contributed by atoms with Gasteiger partial charge in [0.25, 0.3) is 5.91 Å². The third-order valence-corrected chi connectivity index (χ3v) is 4.94. The number of carbonyl (C=O) groups excluding carboxylic acids is 1. The minimum absolute atomic E-state index is 0.0427. The van der Waals surface area contributed by atoms with Crippen molar-refractivity contribution in [3.8, 4) is 11.4 Å². The van der Waals surface area contributed by atoms with E-state index in [1.165, 1.54) is 0 Å². The van der Waals surface area contributed by atoms with E-state index in [1.807, 2.05) is 48.5 Å². The summed E-state index contributed by atoms with van der Waals surface area (Å²) < 4.78 is 5.37. The van der Waals surface area contributed by atoms with Crippen LogP contribution in [0.3, 0.4) is 0 Å². The average molecular weight is 388 g/mol. The zero-order valence-electron chi connectivity index (χ0n) is 16.4. The van der Waals surface area contributed by atoms with Gasteiger partial charge < -0.3 is 15.0 Å². The Morgan fingerprint density at radius 2 is 1.66 bits per heavy atom. The van der Waals surface area contributed by atoms with E-state index in [0.29, 0.717) is 43.6 Å². The SMILES string of the molecule is CC(Nc1cc(C(=O)N2CCOCC2)nc(-c2ccccc2)n1)c1ccccc1. The van der Waals surface area contributed by atoms with Crippen LogP contribution < -0.4 is 5.32 Å². The number of rotatable bonds is 5. The Hall–Kier alpha value is -3.25. The highest BCUT2D eigenvalue weighted by Crippen LogP contribution is 2.22. The number of nitrogens with one attached hydrogen (secondary N) is 1. The molecular weight excluding hydrogens is 364 g/mol. The Bertz CT molecular complexity index is 957. The quantitative estimate of drug-likeness (QED) is 0.720. The van der Waals surface area contributed by atoms with Gasteiger partial charge >= 0.3 is 0 Å². The second-order valence-electron chi connectivity index (χ2n) is 7.01. The molecule has 6 heteroatoms. The summed E-state index contributed by atoms with van der Waals surface area (Å²) in [5.41, 5.74) is 2.41. The highest BCUT2D eigenvalue weighted by molar-refractivity contribution is 5.93. The molecule has 1 unspecified atom stereocenters. The van der Waals surface area contributed by atoms with Crippen LogP contribution >= 0.6 is 0 Å². The van der Waals surface area contributed by atoms with E-state index in [4.69, 9.17) is 4.74 Å². The molecule has 1 aliphatic heterocycles. The molecular formula is C23H24N4O2. The van der Waals surface area contributed by atoms with E-state index in [1.54, 1.807) is 11.0 Å². The van der Waals surface area contributed by atoms with Crippen LogP contribution in [0.1, 0.15) is 29.0 Å². The largest absolute Gasteiger partial charge is 0.378 e. The topological polar surface area (TPSA) is 67.4 Å². The van der Waals surface area contributed by atoms with Crippen LogP contribution in [0.4, 0.5) is 5.82 Å². The van der Waals surface area contributed by atoms with Crippen molar-refractivity contribution in [1.29, 1.82) is 0 Å². The van der Waals surface area contributed by atoms with Gasteiger partial charge in [-0.25, -0.2) is 9.97 Å². The first-order valence-corrected chi connectivity index (χ1v) is 9.84. The molecule has 1 atom stereocenters. The van der Waals surface area contributed by atoms with E-state index < -0.39 is 0 Å². The van der Waals surface area contributed by atoms with Crippen LogP contribution in [-0.2, 0) is 4.74 Å². The van der Waals surface area contributed by atoms with Gasteiger partial charge in [-0.2, -0.15) is 0 Å². The van der Waals surface area contributed by atoms with Gasteiger partial charge in [-0.1, -0.05) is 60.7 Å². The van der Waals surface area contributed by atoms with Crippen LogP contribution in [0, 0.1) is 0 Å². The summed E-state index contributed by atoms with van der Waals surface area (Å²) >= 11 is 0. The van der Waals surface area contributed by atoms with Crippen molar-refractivity contribution in [3.63, 3.8) is 0 Å². The molecule has 0 aliphatic carbocycles. The fourth-order valence-electron chi connectivity index (χ4n) is 3.32. The summed E-state index contributed by atoms with van der Waals surface area (Å²) in [5, 5.41) is 3.42. The lowest BCUT2D eigenvalue weighted by Gasteiger charge is -2.26. The predicted octanol–water partition coefficient (Wildman–Crippen LogP) is 3.79. The number of amides is 1. The molecule has 1 aliphatic rings. The van der Waals surface area contributed by atoms with E-state index in [9.17, 15) is 4.79 Å². The van der Waals surface area contributed by atoms with Gasteiger partial charge in [0, 0.05) is 30.8 Å². The maximum atomic E-state index is 13.0. The molecule has 3 aromatic rings. The Morgan fingerprint density at radius 3 is 2.34 bits per heavy atom. The number of ether oxygens (including phenoxy) is 1. The number of carbonyl (C=O) groups is 1. The molecule has 6 nitrogen and oxygen atoms in total. The number of morpholine rings is 1. The summed E-state index contributed by atoms with van der Waals surface area (Å²) in [6.45, 7) is 4.33. The maximum Gasteiger partial charge on any atom is 0.272 e. The molecule has 0 bridgehead atoms. The Morgan fingerprint density at radius 1 is 1.00 bits per heavy atom.